The van der Waals surface area contributed by atoms with Crippen LogP contribution in [0.3, 0.4) is 0 Å². The molecule has 0 atom stereocenters. The smallest absolute Gasteiger partial charge is 0.0397 e. The Hall–Kier alpha value is -2.11. The summed E-state index contributed by atoms with van der Waals surface area (Å²) in [7, 11) is 4.23. The summed E-state index contributed by atoms with van der Waals surface area (Å²) in [5.41, 5.74) is 5.34. The zero-order chi connectivity index (χ0) is 21.9. The first-order valence-corrected chi connectivity index (χ1v) is 10.9. The van der Waals surface area contributed by atoms with Crippen LogP contribution in [0.1, 0.15) is 57.7 Å². The maximum absolute atomic E-state index is 4.00. The number of anilines is 1. The molecule has 0 saturated carbocycles. The van der Waals surface area contributed by atoms with E-state index in [1.165, 1.54) is 43.0 Å². The van der Waals surface area contributed by atoms with Gasteiger partial charge in [-0.05, 0) is 82.7 Å². The van der Waals surface area contributed by atoms with Gasteiger partial charge in [0.25, 0.3) is 0 Å². The second-order valence-electron chi connectivity index (χ2n) is 6.28. The highest BCUT2D eigenvalue weighted by atomic mass is 32.2. The monoisotopic (exact) mass is 395 g/mol. The molecule has 0 aliphatic carbocycles. The Balaban J connectivity index is 0.00000111. The van der Waals surface area contributed by atoms with Gasteiger partial charge in [0.05, 0.1) is 0 Å². The number of nitrogens with zero attached hydrogens (tertiary/aromatic N) is 1. The minimum absolute atomic E-state index is 1.07. The Morgan fingerprint density at radius 3 is 2.04 bits per heavy atom. The number of aryl methyl sites for hydroxylation is 2. The molecule has 2 aromatic rings. The Kier molecular flexibility index (Phi) is 12.1. The third-order valence-electron chi connectivity index (χ3n) is 4.27. The maximum atomic E-state index is 4.00. The summed E-state index contributed by atoms with van der Waals surface area (Å²) in [6, 6.07) is 9.12. The van der Waals surface area contributed by atoms with Gasteiger partial charge < -0.3 is 4.90 Å². The zero-order valence-electron chi connectivity index (χ0n) is 19.2. The fraction of sp³-hybridized carbons (Fsp3) is 0.385. The minimum atomic E-state index is 1.07. The molecule has 0 saturated heterocycles. The summed E-state index contributed by atoms with van der Waals surface area (Å²) in [5, 5.41) is 2.68. The van der Waals surface area contributed by atoms with Crippen molar-refractivity contribution in [2.24, 2.45) is 0 Å². The van der Waals surface area contributed by atoms with E-state index >= 15 is 0 Å². The van der Waals surface area contributed by atoms with E-state index in [0.717, 1.165) is 6.42 Å². The van der Waals surface area contributed by atoms with E-state index in [9.17, 15) is 0 Å². The van der Waals surface area contributed by atoms with Crippen molar-refractivity contribution in [3.05, 3.63) is 56.8 Å². The molecule has 0 fully saturated rings. The second kappa shape index (κ2) is 13.1. The van der Waals surface area contributed by atoms with Gasteiger partial charge in [-0.15, -0.1) is 12.8 Å². The molecular weight excluding hydrogens is 358 g/mol. The Morgan fingerprint density at radius 2 is 1.54 bits per heavy atom. The summed E-state index contributed by atoms with van der Waals surface area (Å²) >= 11 is 1.90. The highest BCUT2D eigenvalue weighted by Gasteiger charge is 2.11. The van der Waals surface area contributed by atoms with E-state index < -0.39 is 0 Å². The van der Waals surface area contributed by atoms with Crippen LogP contribution >= 0.6 is 11.8 Å². The highest BCUT2D eigenvalue weighted by Crippen LogP contribution is 2.38. The summed E-state index contributed by atoms with van der Waals surface area (Å²) in [5.74, 6) is 0. The fourth-order valence-corrected chi connectivity index (χ4v) is 3.99. The van der Waals surface area contributed by atoms with Crippen LogP contribution in [-0.4, -0.2) is 14.1 Å². The number of hydrogen-bond donors (Lipinski definition) is 0. The molecule has 3 rings (SSSR count). The number of rotatable bonds is 2. The third-order valence-corrected chi connectivity index (χ3v) is 5.30. The predicted molar refractivity (Wildman–Crippen MR) is 134 cm³/mol. The van der Waals surface area contributed by atoms with Crippen molar-refractivity contribution in [1.29, 1.82) is 0 Å². The van der Waals surface area contributed by atoms with Gasteiger partial charge in [0.15, 0.2) is 0 Å². The minimum Gasteiger partial charge on any atom is -0.377 e. The molecule has 0 amide bonds. The van der Waals surface area contributed by atoms with Crippen molar-refractivity contribution in [3.8, 4) is 12.8 Å². The van der Waals surface area contributed by atoms with Gasteiger partial charge in [-0.1, -0.05) is 57.7 Å². The summed E-state index contributed by atoms with van der Waals surface area (Å²) in [6.07, 6.45) is 13.8. The lowest BCUT2D eigenvalue weighted by Crippen LogP contribution is -2.10. The molecule has 0 spiro atoms. The number of hydrogen-bond acceptors (Lipinski definition) is 2. The Bertz CT molecular complexity index is 838. The zero-order valence-corrected chi connectivity index (χ0v) is 20.0. The summed E-state index contributed by atoms with van der Waals surface area (Å²) in [4.78, 5) is 5.05. The largest absolute Gasteiger partial charge is 0.377 e. The van der Waals surface area contributed by atoms with Crippen molar-refractivity contribution >= 4 is 34.3 Å². The van der Waals surface area contributed by atoms with Crippen LogP contribution in [0.5, 0.6) is 0 Å². The van der Waals surface area contributed by atoms with Crippen LogP contribution in [0.2, 0.25) is 0 Å². The van der Waals surface area contributed by atoms with Gasteiger partial charge >= 0.3 is 0 Å². The molecule has 2 heteroatoms. The van der Waals surface area contributed by atoms with Crippen LogP contribution in [0, 0.1) is 26.7 Å². The van der Waals surface area contributed by atoms with E-state index in [1.807, 2.05) is 39.5 Å². The normalized spacial score (nSPS) is 13.4. The molecule has 28 heavy (non-hydrogen) atoms. The molecule has 0 aromatic heterocycles. The van der Waals surface area contributed by atoms with Gasteiger partial charge in [0.2, 0.25) is 0 Å². The molecule has 1 aliphatic rings. The lowest BCUT2D eigenvalue weighted by molar-refractivity contribution is 1.12. The number of fused-ring (bicyclic) bond motifs is 1. The summed E-state index contributed by atoms with van der Waals surface area (Å²) in [6.45, 7) is 14.6. The van der Waals surface area contributed by atoms with E-state index in [4.69, 9.17) is 0 Å². The van der Waals surface area contributed by atoms with Gasteiger partial charge in [-0.3, -0.25) is 0 Å². The maximum Gasteiger partial charge on any atom is 0.0397 e. The number of terminal acetylenes is 1. The van der Waals surface area contributed by atoms with Crippen LogP contribution < -0.4 is 4.90 Å². The van der Waals surface area contributed by atoms with Crippen molar-refractivity contribution < 1.29 is 0 Å². The van der Waals surface area contributed by atoms with E-state index in [-0.39, 0.29) is 0 Å². The first-order valence-electron chi connectivity index (χ1n) is 10.1. The van der Waals surface area contributed by atoms with E-state index in [2.05, 4.69) is 89.0 Å². The highest BCUT2D eigenvalue weighted by molar-refractivity contribution is 8.07. The molecule has 152 valence electrons. The Morgan fingerprint density at radius 1 is 0.929 bits per heavy atom. The average Bonchev–Trinajstić information content (AvgIpc) is 3.13. The first-order chi connectivity index (χ1) is 13.5. The molecule has 0 radical (unpaired) electrons. The molecule has 1 nitrogen and oxygen atoms in total. The van der Waals surface area contributed by atoms with Crippen molar-refractivity contribution in [1.82, 2.24) is 0 Å². The average molecular weight is 396 g/mol. The van der Waals surface area contributed by atoms with E-state index in [0.29, 0.717) is 0 Å². The van der Waals surface area contributed by atoms with Gasteiger partial charge in [0, 0.05) is 19.8 Å². The van der Waals surface area contributed by atoms with Crippen molar-refractivity contribution in [2.75, 3.05) is 19.0 Å². The quantitative estimate of drug-likeness (QED) is 0.471. The van der Waals surface area contributed by atoms with Crippen LogP contribution in [0.4, 0.5) is 5.69 Å². The SMILES string of the molecule is C#C.CC.CC.CC1=CC/C(=C\c2c(C)ccc3cc(C)c(N(C)C)cc23)S1. The number of benzene rings is 2. The van der Waals surface area contributed by atoms with Gasteiger partial charge in [-0.2, -0.15) is 0 Å². The molecule has 0 bridgehead atoms. The number of thioether (sulfide) groups is 1. The topological polar surface area (TPSA) is 3.24 Å². The van der Waals surface area contributed by atoms with Crippen molar-refractivity contribution in [2.45, 2.75) is 54.9 Å². The second-order valence-corrected chi connectivity index (χ2v) is 7.65. The Labute approximate surface area is 177 Å². The number of allylic oxidation sites excluding steroid dienone is 3. The molecule has 2 aromatic carbocycles. The standard InChI is InChI=1S/C20H23NS.2C2H6.C2H2/c1-13-6-8-16-10-14(2)20(21(4)5)12-19(16)18(13)11-17-9-7-15(3)22-17;3*1-2/h6-8,10-12H,9H2,1-5H3;2*1-2H3;1-2H/b17-11+;;;. The lowest BCUT2D eigenvalue weighted by Gasteiger charge is -2.18. The fourth-order valence-electron chi connectivity index (χ4n) is 3.06. The first kappa shape index (κ1) is 25.9. The van der Waals surface area contributed by atoms with Crippen LogP contribution in [0.25, 0.3) is 16.8 Å². The lowest BCUT2D eigenvalue weighted by atomic mass is 9.96. The van der Waals surface area contributed by atoms with Crippen molar-refractivity contribution in [3.63, 3.8) is 0 Å². The van der Waals surface area contributed by atoms with Gasteiger partial charge in [0.1, 0.15) is 0 Å². The molecule has 0 unspecified atom stereocenters. The molecule has 1 heterocycles. The molecule has 1 aliphatic heterocycles. The molecule has 0 N–H and O–H groups in total. The van der Waals surface area contributed by atoms with Gasteiger partial charge in [-0.25, -0.2) is 0 Å². The van der Waals surface area contributed by atoms with Crippen LogP contribution in [-0.2, 0) is 0 Å². The third kappa shape index (κ3) is 6.50. The molecular formula is C26H37NS. The van der Waals surface area contributed by atoms with E-state index in [1.54, 1.807) is 0 Å². The predicted octanol–water partition coefficient (Wildman–Crippen LogP) is 8.21. The van der Waals surface area contributed by atoms with Crippen LogP contribution in [0.15, 0.2) is 40.2 Å². The summed E-state index contributed by atoms with van der Waals surface area (Å²) < 4.78 is 0.